The molecule has 3 aliphatic rings. The van der Waals surface area contributed by atoms with Gasteiger partial charge in [0.05, 0.1) is 6.61 Å². The summed E-state index contributed by atoms with van der Waals surface area (Å²) in [4.78, 5) is 28.0. The Hall–Kier alpha value is -1.88. The number of hydrogen-bond acceptors (Lipinski definition) is 3. The Morgan fingerprint density at radius 3 is 2.46 bits per heavy atom. The van der Waals surface area contributed by atoms with E-state index in [1.807, 2.05) is 24.3 Å². The zero-order valence-electron chi connectivity index (χ0n) is 15.5. The van der Waals surface area contributed by atoms with Gasteiger partial charge in [-0.15, -0.1) is 0 Å². The standard InChI is InChI=1S/C21H28N2O3/c1-2-15-6-8-16(9-7-15)20(25)23-18(19(24)22-17-10-11-17)14-26-21(23)12-4-3-5-13-21/h6-9,17-18H,2-5,10-14H2,1H3,(H,22,24)/t18-/m1/s1. The van der Waals surface area contributed by atoms with Gasteiger partial charge in [0, 0.05) is 11.6 Å². The number of hydrogen-bond donors (Lipinski definition) is 1. The molecule has 0 bridgehead atoms. The summed E-state index contributed by atoms with van der Waals surface area (Å²) >= 11 is 0. The van der Waals surface area contributed by atoms with Gasteiger partial charge in [-0.05, 0) is 62.6 Å². The first-order valence-corrected chi connectivity index (χ1v) is 10.00. The molecule has 0 aromatic heterocycles. The molecule has 5 heteroatoms. The van der Waals surface area contributed by atoms with Crippen LogP contribution >= 0.6 is 0 Å². The van der Waals surface area contributed by atoms with Gasteiger partial charge < -0.3 is 10.1 Å². The lowest BCUT2D eigenvalue weighted by molar-refractivity contribution is -0.127. The predicted molar refractivity (Wildman–Crippen MR) is 98.7 cm³/mol. The number of nitrogens with zero attached hydrogens (tertiary/aromatic N) is 1. The molecule has 2 aliphatic carbocycles. The molecule has 4 rings (SSSR count). The average molecular weight is 356 g/mol. The third kappa shape index (κ3) is 3.25. The van der Waals surface area contributed by atoms with E-state index < -0.39 is 11.8 Å². The first kappa shape index (κ1) is 17.5. The third-order valence-corrected chi connectivity index (χ3v) is 5.95. The van der Waals surface area contributed by atoms with E-state index in [4.69, 9.17) is 4.74 Å². The van der Waals surface area contributed by atoms with Gasteiger partial charge in [0.15, 0.2) is 0 Å². The van der Waals surface area contributed by atoms with Crippen molar-refractivity contribution in [2.24, 2.45) is 0 Å². The Bertz CT molecular complexity index is 675. The Morgan fingerprint density at radius 2 is 1.85 bits per heavy atom. The number of rotatable bonds is 4. The highest BCUT2D eigenvalue weighted by molar-refractivity contribution is 5.98. The molecule has 1 aromatic rings. The number of benzene rings is 1. The van der Waals surface area contributed by atoms with Crippen molar-refractivity contribution in [3.63, 3.8) is 0 Å². The third-order valence-electron chi connectivity index (χ3n) is 5.95. The zero-order chi connectivity index (χ0) is 18.1. The molecule has 1 atom stereocenters. The van der Waals surface area contributed by atoms with E-state index in [0.717, 1.165) is 51.4 Å². The fourth-order valence-corrected chi connectivity index (χ4v) is 4.22. The van der Waals surface area contributed by atoms with Crippen LogP contribution in [0.2, 0.25) is 0 Å². The Balaban J connectivity index is 1.62. The molecule has 26 heavy (non-hydrogen) atoms. The van der Waals surface area contributed by atoms with Gasteiger partial charge in [0.1, 0.15) is 11.8 Å². The van der Waals surface area contributed by atoms with E-state index in [0.29, 0.717) is 12.2 Å². The summed E-state index contributed by atoms with van der Waals surface area (Å²) < 4.78 is 6.16. The van der Waals surface area contributed by atoms with Crippen LogP contribution in [0, 0.1) is 0 Å². The molecular formula is C21H28N2O3. The second-order valence-electron chi connectivity index (χ2n) is 7.84. The highest BCUT2D eigenvalue weighted by atomic mass is 16.5. The van der Waals surface area contributed by atoms with Crippen molar-refractivity contribution in [1.82, 2.24) is 10.2 Å². The SMILES string of the molecule is CCc1ccc(C(=O)N2[C@@H](C(=O)NC3CC3)COC23CCCCC3)cc1. The first-order chi connectivity index (χ1) is 12.6. The summed E-state index contributed by atoms with van der Waals surface area (Å²) in [7, 11) is 0. The van der Waals surface area contributed by atoms with Gasteiger partial charge >= 0.3 is 0 Å². The van der Waals surface area contributed by atoms with Gasteiger partial charge in [-0.3, -0.25) is 14.5 Å². The maximum atomic E-state index is 13.4. The fraction of sp³-hybridized carbons (Fsp3) is 0.619. The van der Waals surface area contributed by atoms with Crippen LogP contribution in [0.4, 0.5) is 0 Å². The minimum atomic E-state index is -0.607. The molecule has 1 aromatic carbocycles. The monoisotopic (exact) mass is 356 g/mol. The Morgan fingerprint density at radius 1 is 1.15 bits per heavy atom. The van der Waals surface area contributed by atoms with Crippen LogP contribution in [0.3, 0.4) is 0 Å². The molecule has 1 saturated heterocycles. The minimum Gasteiger partial charge on any atom is -0.353 e. The first-order valence-electron chi connectivity index (χ1n) is 10.00. The summed E-state index contributed by atoms with van der Waals surface area (Å²) in [5, 5.41) is 3.06. The second-order valence-corrected chi connectivity index (χ2v) is 7.84. The number of carbonyl (C=O) groups excluding carboxylic acids is 2. The van der Waals surface area contributed by atoms with Gasteiger partial charge in [-0.2, -0.15) is 0 Å². The quantitative estimate of drug-likeness (QED) is 0.902. The van der Waals surface area contributed by atoms with Crippen LogP contribution in [0.1, 0.15) is 67.8 Å². The Labute approximate surface area is 155 Å². The summed E-state index contributed by atoms with van der Waals surface area (Å²) in [6.07, 6.45) is 7.89. The van der Waals surface area contributed by atoms with Crippen LogP contribution in [0.15, 0.2) is 24.3 Å². The number of nitrogens with one attached hydrogen (secondary N) is 1. The molecule has 1 N–H and O–H groups in total. The van der Waals surface area contributed by atoms with Crippen molar-refractivity contribution < 1.29 is 14.3 Å². The van der Waals surface area contributed by atoms with E-state index in [2.05, 4.69) is 12.2 Å². The van der Waals surface area contributed by atoms with Gasteiger partial charge in [-0.1, -0.05) is 25.5 Å². The molecule has 1 spiro atoms. The summed E-state index contributed by atoms with van der Waals surface area (Å²) in [5.74, 6) is -0.142. The van der Waals surface area contributed by atoms with E-state index in [1.54, 1.807) is 4.90 Å². The van der Waals surface area contributed by atoms with E-state index in [1.165, 1.54) is 5.56 Å². The van der Waals surface area contributed by atoms with Crippen LogP contribution in [-0.4, -0.2) is 41.1 Å². The summed E-state index contributed by atoms with van der Waals surface area (Å²) in [6.45, 7) is 2.40. The van der Waals surface area contributed by atoms with Gasteiger partial charge in [0.2, 0.25) is 5.91 Å². The smallest absolute Gasteiger partial charge is 0.256 e. The maximum absolute atomic E-state index is 13.4. The lowest BCUT2D eigenvalue weighted by atomic mass is 9.89. The molecule has 0 radical (unpaired) electrons. The van der Waals surface area contributed by atoms with E-state index in [-0.39, 0.29) is 17.9 Å². The van der Waals surface area contributed by atoms with Crippen LogP contribution in [0.5, 0.6) is 0 Å². The normalized spacial score (nSPS) is 24.7. The molecule has 1 aliphatic heterocycles. The van der Waals surface area contributed by atoms with Crippen LogP contribution < -0.4 is 5.32 Å². The molecule has 5 nitrogen and oxygen atoms in total. The largest absolute Gasteiger partial charge is 0.353 e. The topological polar surface area (TPSA) is 58.6 Å². The lowest BCUT2D eigenvalue weighted by Gasteiger charge is -2.41. The van der Waals surface area contributed by atoms with Crippen LogP contribution in [0.25, 0.3) is 0 Å². The summed E-state index contributed by atoms with van der Waals surface area (Å²) in [6, 6.07) is 7.52. The fourth-order valence-electron chi connectivity index (χ4n) is 4.22. The Kier molecular flexibility index (Phi) is 4.74. The highest BCUT2D eigenvalue weighted by Gasteiger charge is 2.53. The lowest BCUT2D eigenvalue weighted by Crippen LogP contribution is -2.56. The van der Waals surface area contributed by atoms with Crippen molar-refractivity contribution in [3.8, 4) is 0 Å². The van der Waals surface area contributed by atoms with Crippen molar-refractivity contribution in [1.29, 1.82) is 0 Å². The zero-order valence-corrected chi connectivity index (χ0v) is 15.5. The van der Waals surface area contributed by atoms with Crippen molar-refractivity contribution >= 4 is 11.8 Å². The molecule has 140 valence electrons. The molecule has 3 fully saturated rings. The maximum Gasteiger partial charge on any atom is 0.256 e. The number of carbonyl (C=O) groups is 2. The van der Waals surface area contributed by atoms with E-state index in [9.17, 15) is 9.59 Å². The minimum absolute atomic E-state index is 0.0616. The average Bonchev–Trinajstić information content (AvgIpc) is 3.42. The van der Waals surface area contributed by atoms with Crippen molar-refractivity contribution in [3.05, 3.63) is 35.4 Å². The van der Waals surface area contributed by atoms with E-state index >= 15 is 0 Å². The molecule has 0 unspecified atom stereocenters. The van der Waals surface area contributed by atoms with Crippen molar-refractivity contribution in [2.75, 3.05) is 6.61 Å². The van der Waals surface area contributed by atoms with Crippen molar-refractivity contribution in [2.45, 2.75) is 76.1 Å². The van der Waals surface area contributed by atoms with Gasteiger partial charge in [0.25, 0.3) is 5.91 Å². The summed E-state index contributed by atoms with van der Waals surface area (Å²) in [5.41, 5.74) is 1.24. The second kappa shape index (κ2) is 7.03. The molecule has 2 amide bonds. The number of ether oxygens (including phenoxy) is 1. The van der Waals surface area contributed by atoms with Crippen LogP contribution in [-0.2, 0) is 16.0 Å². The number of amides is 2. The predicted octanol–water partition coefficient (Wildman–Crippen LogP) is 3.03. The highest BCUT2D eigenvalue weighted by Crippen LogP contribution is 2.41. The molecule has 2 saturated carbocycles. The number of aryl methyl sites for hydroxylation is 1. The molecular weight excluding hydrogens is 328 g/mol. The van der Waals surface area contributed by atoms with Gasteiger partial charge in [-0.25, -0.2) is 0 Å². The molecule has 1 heterocycles.